The number of nitrogens with zero attached hydrogens (tertiary/aromatic N) is 3. The van der Waals surface area contributed by atoms with Crippen LogP contribution in [0.4, 0.5) is 10.5 Å². The van der Waals surface area contributed by atoms with Crippen LogP contribution < -0.4 is 5.32 Å². The molecule has 7 heteroatoms. The molecule has 2 aliphatic rings. The Morgan fingerprint density at radius 3 is 2.41 bits per heavy atom. The van der Waals surface area contributed by atoms with Crippen LogP contribution in [0, 0.1) is 13.8 Å². The summed E-state index contributed by atoms with van der Waals surface area (Å²) in [6, 6.07) is 9.55. The standard InChI is InChI=1S/C25H33ClN4O2/c1-18-16-23(19(2)30(18)22-10-4-3-5-11-22)24(31)28-12-7-13-29(15-14-28)25(32)27-21-9-6-8-20(26)17-21/h6,8-9,16-17,22H,3-5,7,10-15H2,1-2H3,(H,27,32). The fourth-order valence-electron chi connectivity index (χ4n) is 5.16. The Labute approximate surface area is 195 Å². The number of nitrogens with one attached hydrogen (secondary N) is 1. The van der Waals surface area contributed by atoms with E-state index in [1.54, 1.807) is 17.0 Å². The van der Waals surface area contributed by atoms with Gasteiger partial charge in [-0.05, 0) is 57.4 Å². The Morgan fingerprint density at radius 2 is 1.66 bits per heavy atom. The molecule has 2 aromatic rings. The van der Waals surface area contributed by atoms with Gasteiger partial charge in [0.1, 0.15) is 0 Å². The number of amides is 3. The number of hydrogen-bond donors (Lipinski definition) is 1. The third kappa shape index (κ3) is 4.96. The first kappa shape index (κ1) is 22.7. The van der Waals surface area contributed by atoms with Crippen LogP contribution in [0.1, 0.15) is 66.3 Å². The fourth-order valence-corrected chi connectivity index (χ4v) is 5.35. The summed E-state index contributed by atoms with van der Waals surface area (Å²) >= 11 is 6.02. The first-order valence-electron chi connectivity index (χ1n) is 11.7. The molecule has 0 spiro atoms. The molecule has 1 aliphatic heterocycles. The molecular formula is C25H33ClN4O2. The highest BCUT2D eigenvalue weighted by Crippen LogP contribution is 2.32. The van der Waals surface area contributed by atoms with Crippen molar-refractivity contribution >= 4 is 29.2 Å². The molecular weight excluding hydrogens is 424 g/mol. The lowest BCUT2D eigenvalue weighted by Gasteiger charge is -2.27. The first-order valence-corrected chi connectivity index (χ1v) is 12.1. The predicted molar refractivity (Wildman–Crippen MR) is 129 cm³/mol. The summed E-state index contributed by atoms with van der Waals surface area (Å²) in [7, 11) is 0. The molecule has 1 aromatic carbocycles. The van der Waals surface area contributed by atoms with E-state index in [9.17, 15) is 9.59 Å². The molecule has 1 saturated heterocycles. The van der Waals surface area contributed by atoms with Crippen molar-refractivity contribution in [2.75, 3.05) is 31.5 Å². The van der Waals surface area contributed by atoms with Gasteiger partial charge in [0.05, 0.1) is 5.56 Å². The van der Waals surface area contributed by atoms with Crippen LogP contribution in [0.2, 0.25) is 5.02 Å². The van der Waals surface area contributed by atoms with Gasteiger partial charge in [-0.25, -0.2) is 4.79 Å². The van der Waals surface area contributed by atoms with Crippen molar-refractivity contribution in [2.45, 2.75) is 58.4 Å². The lowest BCUT2D eigenvalue weighted by molar-refractivity contribution is 0.0761. The summed E-state index contributed by atoms with van der Waals surface area (Å²) in [6.07, 6.45) is 7.01. The van der Waals surface area contributed by atoms with Crippen LogP contribution in [0.5, 0.6) is 0 Å². The maximum absolute atomic E-state index is 13.4. The summed E-state index contributed by atoms with van der Waals surface area (Å²) in [5.74, 6) is 0.0808. The number of anilines is 1. The normalized spacial score (nSPS) is 17.8. The summed E-state index contributed by atoms with van der Waals surface area (Å²) in [5, 5.41) is 3.49. The number of halogens is 1. The average Bonchev–Trinajstić information content (AvgIpc) is 2.94. The smallest absolute Gasteiger partial charge is 0.321 e. The lowest BCUT2D eigenvalue weighted by atomic mass is 9.95. The number of carbonyl (C=O) groups excluding carboxylic acids is 2. The van der Waals surface area contributed by atoms with Crippen LogP contribution in [0.3, 0.4) is 0 Å². The quantitative estimate of drug-likeness (QED) is 0.649. The highest BCUT2D eigenvalue weighted by molar-refractivity contribution is 6.30. The van der Waals surface area contributed by atoms with E-state index < -0.39 is 0 Å². The molecule has 32 heavy (non-hydrogen) atoms. The Kier molecular flexibility index (Phi) is 7.09. The zero-order valence-electron chi connectivity index (χ0n) is 19.1. The zero-order chi connectivity index (χ0) is 22.7. The van der Waals surface area contributed by atoms with Crippen LogP contribution >= 0.6 is 11.6 Å². The number of benzene rings is 1. The van der Waals surface area contributed by atoms with Gasteiger partial charge in [0.15, 0.2) is 0 Å². The minimum atomic E-state index is -0.156. The van der Waals surface area contributed by atoms with Gasteiger partial charge < -0.3 is 19.7 Å². The molecule has 2 heterocycles. The lowest BCUT2D eigenvalue weighted by Crippen LogP contribution is -2.39. The summed E-state index contributed by atoms with van der Waals surface area (Å²) in [6.45, 7) is 6.53. The highest BCUT2D eigenvalue weighted by Gasteiger charge is 2.27. The second-order valence-corrected chi connectivity index (χ2v) is 9.46. The molecule has 3 amide bonds. The number of rotatable bonds is 3. The van der Waals surface area contributed by atoms with Gasteiger partial charge in [-0.3, -0.25) is 4.79 Å². The van der Waals surface area contributed by atoms with Gasteiger partial charge in [0.25, 0.3) is 5.91 Å². The maximum Gasteiger partial charge on any atom is 0.321 e. The van der Waals surface area contributed by atoms with Gasteiger partial charge in [0, 0.05) is 54.3 Å². The number of urea groups is 1. The number of carbonyl (C=O) groups is 2. The van der Waals surface area contributed by atoms with Crippen molar-refractivity contribution in [1.29, 1.82) is 0 Å². The van der Waals surface area contributed by atoms with Crippen LogP contribution in [0.25, 0.3) is 0 Å². The van der Waals surface area contributed by atoms with E-state index in [2.05, 4.69) is 29.8 Å². The number of aromatic nitrogens is 1. The van der Waals surface area contributed by atoms with E-state index in [-0.39, 0.29) is 11.9 Å². The van der Waals surface area contributed by atoms with E-state index in [0.29, 0.717) is 42.9 Å². The maximum atomic E-state index is 13.4. The number of aryl methyl sites for hydroxylation is 1. The molecule has 1 aromatic heterocycles. The third-order valence-corrected chi connectivity index (χ3v) is 7.04. The van der Waals surface area contributed by atoms with Crippen LogP contribution in [-0.2, 0) is 0 Å². The van der Waals surface area contributed by atoms with Crippen molar-refractivity contribution in [2.24, 2.45) is 0 Å². The van der Waals surface area contributed by atoms with E-state index in [1.807, 2.05) is 17.0 Å². The van der Waals surface area contributed by atoms with Crippen LogP contribution in [-0.4, -0.2) is 52.5 Å². The van der Waals surface area contributed by atoms with E-state index in [4.69, 9.17) is 11.6 Å². The van der Waals surface area contributed by atoms with Gasteiger partial charge in [-0.1, -0.05) is 36.9 Å². The molecule has 0 unspecified atom stereocenters. The van der Waals surface area contributed by atoms with Gasteiger partial charge in [-0.2, -0.15) is 0 Å². The van der Waals surface area contributed by atoms with Crippen molar-refractivity contribution in [3.05, 3.63) is 52.3 Å². The predicted octanol–water partition coefficient (Wildman–Crippen LogP) is 5.64. The monoisotopic (exact) mass is 456 g/mol. The zero-order valence-corrected chi connectivity index (χ0v) is 19.8. The van der Waals surface area contributed by atoms with E-state index in [1.165, 1.54) is 37.8 Å². The fraction of sp³-hybridized carbons (Fsp3) is 0.520. The Morgan fingerprint density at radius 1 is 0.938 bits per heavy atom. The summed E-state index contributed by atoms with van der Waals surface area (Å²) in [5.41, 5.74) is 3.74. The highest BCUT2D eigenvalue weighted by atomic mass is 35.5. The molecule has 2 fully saturated rings. The molecule has 6 nitrogen and oxygen atoms in total. The van der Waals surface area contributed by atoms with Gasteiger partial charge in [0.2, 0.25) is 0 Å². The minimum absolute atomic E-state index is 0.0808. The Bertz CT molecular complexity index is 980. The van der Waals surface area contributed by atoms with E-state index >= 15 is 0 Å². The summed E-state index contributed by atoms with van der Waals surface area (Å²) < 4.78 is 2.38. The second-order valence-electron chi connectivity index (χ2n) is 9.02. The largest absolute Gasteiger partial charge is 0.345 e. The Hall–Kier alpha value is -2.47. The Balaban J connectivity index is 1.41. The third-order valence-electron chi connectivity index (χ3n) is 6.80. The van der Waals surface area contributed by atoms with Crippen molar-refractivity contribution < 1.29 is 9.59 Å². The van der Waals surface area contributed by atoms with E-state index in [0.717, 1.165) is 17.7 Å². The molecule has 1 saturated carbocycles. The first-order chi connectivity index (χ1) is 15.4. The summed E-state index contributed by atoms with van der Waals surface area (Å²) in [4.78, 5) is 29.8. The van der Waals surface area contributed by atoms with Crippen molar-refractivity contribution in [3.8, 4) is 0 Å². The van der Waals surface area contributed by atoms with Gasteiger partial charge in [-0.15, -0.1) is 0 Å². The SMILES string of the molecule is Cc1cc(C(=O)N2CCCN(C(=O)Nc3cccc(Cl)c3)CC2)c(C)n1C1CCCCC1. The van der Waals surface area contributed by atoms with Crippen LogP contribution in [0.15, 0.2) is 30.3 Å². The second kappa shape index (κ2) is 9.99. The molecule has 4 rings (SSSR count). The molecule has 0 atom stereocenters. The van der Waals surface area contributed by atoms with Gasteiger partial charge >= 0.3 is 6.03 Å². The van der Waals surface area contributed by atoms with Crippen molar-refractivity contribution in [1.82, 2.24) is 14.4 Å². The minimum Gasteiger partial charge on any atom is -0.345 e. The molecule has 1 aliphatic carbocycles. The molecule has 1 N–H and O–H groups in total. The molecule has 172 valence electrons. The topological polar surface area (TPSA) is 57.6 Å². The average molecular weight is 457 g/mol. The number of hydrogen-bond acceptors (Lipinski definition) is 2. The molecule has 0 radical (unpaired) electrons. The van der Waals surface area contributed by atoms with Crippen molar-refractivity contribution in [3.63, 3.8) is 0 Å². The molecule has 0 bridgehead atoms.